The summed E-state index contributed by atoms with van der Waals surface area (Å²) in [6.07, 6.45) is 1.61. The highest BCUT2D eigenvalue weighted by atomic mass is 16.3. The summed E-state index contributed by atoms with van der Waals surface area (Å²) in [5.41, 5.74) is 12.0. The van der Waals surface area contributed by atoms with E-state index in [-0.39, 0.29) is 0 Å². The molecular formula is C53H32N4O2. The van der Waals surface area contributed by atoms with Gasteiger partial charge in [0.05, 0.1) is 0 Å². The standard InChI is InChI=1S/C53H32N4O2/c1-2-8-36-29-37(14-13-33(36)7-1)38-21-27-44-39(30-38)15-16-40-31-43(26-28-45(40)44)57(42-24-19-35(20-25-42)53-56-47-10-4-6-12-49(47)59-53)41-22-17-34(18-23-41)50-52-51(55-32-54-50)46-9-3-5-11-48(46)58-52/h1-32H. The number of nitrogens with zero attached hydrogens (tertiary/aromatic N) is 4. The Labute approximate surface area is 338 Å². The molecule has 6 heteroatoms. The van der Waals surface area contributed by atoms with Gasteiger partial charge in [-0.25, -0.2) is 15.0 Å². The van der Waals surface area contributed by atoms with Crippen LogP contribution in [0, 0.1) is 0 Å². The second kappa shape index (κ2) is 13.3. The number of hydrogen-bond acceptors (Lipinski definition) is 6. The molecule has 0 saturated heterocycles. The number of anilines is 3. The Morgan fingerprint density at radius 3 is 1.78 bits per heavy atom. The largest absolute Gasteiger partial charge is 0.452 e. The van der Waals surface area contributed by atoms with Crippen LogP contribution in [0.5, 0.6) is 0 Å². The highest BCUT2D eigenvalue weighted by molar-refractivity contribution is 6.10. The van der Waals surface area contributed by atoms with Crippen LogP contribution in [0.1, 0.15) is 0 Å². The number of fused-ring (bicyclic) bond motifs is 8. The van der Waals surface area contributed by atoms with Gasteiger partial charge in [-0.05, 0) is 128 Å². The molecule has 3 heterocycles. The fourth-order valence-corrected chi connectivity index (χ4v) is 8.44. The van der Waals surface area contributed by atoms with Crippen LogP contribution < -0.4 is 4.90 Å². The molecule has 0 saturated carbocycles. The van der Waals surface area contributed by atoms with Crippen molar-refractivity contribution < 1.29 is 8.83 Å². The number of benzene rings is 9. The number of furan rings is 1. The molecule has 59 heavy (non-hydrogen) atoms. The van der Waals surface area contributed by atoms with Crippen LogP contribution >= 0.6 is 0 Å². The van der Waals surface area contributed by atoms with Crippen LogP contribution in [0.2, 0.25) is 0 Å². The molecule has 0 amide bonds. The van der Waals surface area contributed by atoms with Crippen LogP contribution in [-0.2, 0) is 0 Å². The number of aromatic nitrogens is 3. The summed E-state index contributed by atoms with van der Waals surface area (Å²) in [5, 5.41) is 8.26. The van der Waals surface area contributed by atoms with Crippen molar-refractivity contribution in [1.29, 1.82) is 0 Å². The van der Waals surface area contributed by atoms with E-state index in [1.54, 1.807) is 6.33 Å². The van der Waals surface area contributed by atoms with Crippen molar-refractivity contribution in [3.63, 3.8) is 0 Å². The van der Waals surface area contributed by atoms with Gasteiger partial charge < -0.3 is 13.7 Å². The van der Waals surface area contributed by atoms with Gasteiger partial charge in [0.2, 0.25) is 5.89 Å². The molecule has 3 aromatic heterocycles. The van der Waals surface area contributed by atoms with Gasteiger partial charge in [-0.2, -0.15) is 0 Å². The Morgan fingerprint density at radius 1 is 0.390 bits per heavy atom. The van der Waals surface area contributed by atoms with E-state index in [4.69, 9.17) is 13.8 Å². The molecular weight excluding hydrogens is 725 g/mol. The van der Waals surface area contributed by atoms with E-state index in [2.05, 4.69) is 154 Å². The van der Waals surface area contributed by atoms with E-state index in [9.17, 15) is 0 Å². The molecule has 0 spiro atoms. The zero-order valence-electron chi connectivity index (χ0n) is 31.6. The van der Waals surface area contributed by atoms with Crippen molar-refractivity contribution in [1.82, 2.24) is 15.0 Å². The normalized spacial score (nSPS) is 11.7. The SMILES string of the molecule is c1ccc2cc(-c3ccc4c(ccc5cc(N(c6ccc(-c7nc8ccccc8o7)cc6)c6ccc(-c7ncnc8c7oc7ccccc78)cc6)ccc54)c3)ccc2c1. The first kappa shape index (κ1) is 33.1. The van der Waals surface area contributed by atoms with Crippen molar-refractivity contribution in [2.24, 2.45) is 0 Å². The molecule has 12 aromatic rings. The Hall–Kier alpha value is -8.09. The minimum absolute atomic E-state index is 0.594. The van der Waals surface area contributed by atoms with E-state index in [0.29, 0.717) is 11.5 Å². The molecule has 6 nitrogen and oxygen atoms in total. The highest BCUT2D eigenvalue weighted by Crippen LogP contribution is 2.41. The fourth-order valence-electron chi connectivity index (χ4n) is 8.44. The Morgan fingerprint density at radius 2 is 0.983 bits per heavy atom. The van der Waals surface area contributed by atoms with Crippen LogP contribution in [0.15, 0.2) is 203 Å². The molecule has 12 rings (SSSR count). The molecule has 0 radical (unpaired) electrons. The molecule has 0 unspecified atom stereocenters. The highest BCUT2D eigenvalue weighted by Gasteiger charge is 2.18. The Bertz CT molecular complexity index is 3540. The third-order valence-corrected chi connectivity index (χ3v) is 11.4. The van der Waals surface area contributed by atoms with Crippen LogP contribution in [0.25, 0.3) is 99.3 Å². The van der Waals surface area contributed by atoms with Gasteiger partial charge in [0, 0.05) is 33.6 Å². The maximum absolute atomic E-state index is 6.29. The van der Waals surface area contributed by atoms with Crippen LogP contribution in [-0.4, -0.2) is 15.0 Å². The molecule has 276 valence electrons. The lowest BCUT2D eigenvalue weighted by atomic mass is 9.96. The number of rotatable bonds is 6. The molecule has 9 aromatic carbocycles. The molecule has 0 aliphatic heterocycles. The van der Waals surface area contributed by atoms with E-state index >= 15 is 0 Å². The third kappa shape index (κ3) is 5.61. The fraction of sp³-hybridized carbons (Fsp3) is 0. The first-order valence-electron chi connectivity index (χ1n) is 19.6. The Balaban J connectivity index is 0.945. The monoisotopic (exact) mass is 756 g/mol. The minimum Gasteiger partial charge on any atom is -0.452 e. The molecule has 0 N–H and O–H groups in total. The predicted molar refractivity (Wildman–Crippen MR) is 240 cm³/mol. The molecule has 0 bridgehead atoms. The van der Waals surface area contributed by atoms with E-state index in [0.717, 1.165) is 66.9 Å². The van der Waals surface area contributed by atoms with Crippen LogP contribution in [0.3, 0.4) is 0 Å². The smallest absolute Gasteiger partial charge is 0.227 e. The van der Waals surface area contributed by atoms with Crippen molar-refractivity contribution in [2.45, 2.75) is 0 Å². The van der Waals surface area contributed by atoms with Crippen molar-refractivity contribution in [2.75, 3.05) is 4.90 Å². The summed E-state index contributed by atoms with van der Waals surface area (Å²) in [6, 6.07) is 65.9. The second-order valence-corrected chi connectivity index (χ2v) is 14.9. The molecule has 0 atom stereocenters. The van der Waals surface area contributed by atoms with E-state index < -0.39 is 0 Å². The van der Waals surface area contributed by atoms with E-state index in [1.807, 2.05) is 48.5 Å². The summed E-state index contributed by atoms with van der Waals surface area (Å²) in [7, 11) is 0. The van der Waals surface area contributed by atoms with Crippen molar-refractivity contribution >= 4 is 82.5 Å². The van der Waals surface area contributed by atoms with Crippen molar-refractivity contribution in [3.8, 4) is 33.8 Å². The summed E-state index contributed by atoms with van der Waals surface area (Å²) in [5.74, 6) is 0.594. The van der Waals surface area contributed by atoms with Gasteiger partial charge in [-0.3, -0.25) is 0 Å². The summed E-state index contributed by atoms with van der Waals surface area (Å²) in [4.78, 5) is 16.3. The maximum Gasteiger partial charge on any atom is 0.227 e. The lowest BCUT2D eigenvalue weighted by molar-refractivity contribution is 0.620. The molecule has 0 fully saturated rings. The first-order chi connectivity index (χ1) is 29.2. The minimum atomic E-state index is 0.594. The zero-order valence-corrected chi connectivity index (χ0v) is 31.6. The van der Waals surface area contributed by atoms with Crippen molar-refractivity contribution in [3.05, 3.63) is 194 Å². The molecule has 0 aliphatic rings. The van der Waals surface area contributed by atoms with Crippen LogP contribution in [0.4, 0.5) is 17.1 Å². The lowest BCUT2D eigenvalue weighted by Gasteiger charge is -2.26. The maximum atomic E-state index is 6.29. The van der Waals surface area contributed by atoms with Gasteiger partial charge >= 0.3 is 0 Å². The summed E-state index contributed by atoms with van der Waals surface area (Å²) in [6.45, 7) is 0. The van der Waals surface area contributed by atoms with Gasteiger partial charge in [0.25, 0.3) is 0 Å². The van der Waals surface area contributed by atoms with Gasteiger partial charge in [0.15, 0.2) is 11.2 Å². The van der Waals surface area contributed by atoms with Gasteiger partial charge in [0.1, 0.15) is 28.6 Å². The summed E-state index contributed by atoms with van der Waals surface area (Å²) < 4.78 is 12.4. The quantitative estimate of drug-likeness (QED) is 0.157. The Kier molecular flexibility index (Phi) is 7.43. The molecule has 0 aliphatic carbocycles. The number of oxazole rings is 1. The zero-order chi connectivity index (χ0) is 38.9. The first-order valence-corrected chi connectivity index (χ1v) is 19.6. The third-order valence-electron chi connectivity index (χ3n) is 11.4. The van der Waals surface area contributed by atoms with Gasteiger partial charge in [-0.1, -0.05) is 103 Å². The topological polar surface area (TPSA) is 68.2 Å². The second-order valence-electron chi connectivity index (χ2n) is 14.9. The number of hydrogen-bond donors (Lipinski definition) is 0. The predicted octanol–water partition coefficient (Wildman–Crippen LogP) is 14.4. The number of para-hydroxylation sites is 3. The van der Waals surface area contributed by atoms with Gasteiger partial charge in [-0.15, -0.1) is 0 Å². The average molecular weight is 757 g/mol. The lowest BCUT2D eigenvalue weighted by Crippen LogP contribution is -2.10. The average Bonchev–Trinajstić information content (AvgIpc) is 3.91. The van der Waals surface area contributed by atoms with E-state index in [1.165, 1.54) is 38.1 Å². The summed E-state index contributed by atoms with van der Waals surface area (Å²) >= 11 is 0.